The first-order chi connectivity index (χ1) is 5.86. The predicted octanol–water partition coefficient (Wildman–Crippen LogP) is 1.12. The van der Waals surface area contributed by atoms with Gasteiger partial charge in [-0.05, 0) is 6.42 Å². The van der Waals surface area contributed by atoms with Crippen LogP contribution in [0.4, 0.5) is 0 Å². The van der Waals surface area contributed by atoms with Crippen LogP contribution in [0.2, 0.25) is 0 Å². The van der Waals surface area contributed by atoms with Gasteiger partial charge in [0.2, 0.25) is 0 Å². The fourth-order valence-electron chi connectivity index (χ4n) is 1.55. The van der Waals surface area contributed by atoms with Gasteiger partial charge >= 0.3 is 0 Å². The number of ether oxygens (including phenoxy) is 1. The van der Waals surface area contributed by atoms with E-state index in [9.17, 15) is 0 Å². The van der Waals surface area contributed by atoms with Crippen LogP contribution < -0.4 is 0 Å². The largest absolute Gasteiger partial charge is 0.376 e. The zero-order chi connectivity index (χ0) is 8.81. The van der Waals surface area contributed by atoms with E-state index < -0.39 is 0 Å². The summed E-state index contributed by atoms with van der Waals surface area (Å²) in [5.74, 6) is 2.67. The molecule has 1 rings (SSSR count). The molecule has 0 aliphatic carbocycles. The quantitative estimate of drug-likeness (QED) is 0.584. The molecule has 0 aromatic carbocycles. The molecule has 0 saturated carbocycles. The van der Waals surface area contributed by atoms with Crippen molar-refractivity contribution in [2.45, 2.75) is 25.9 Å². The van der Waals surface area contributed by atoms with E-state index in [0.717, 1.165) is 32.7 Å². The molecule has 1 aliphatic rings. The molecule has 2 nitrogen and oxygen atoms in total. The molecule has 12 heavy (non-hydrogen) atoms. The van der Waals surface area contributed by atoms with Crippen LogP contribution in [-0.2, 0) is 4.74 Å². The van der Waals surface area contributed by atoms with Crippen LogP contribution in [0.15, 0.2) is 0 Å². The highest BCUT2D eigenvalue weighted by atomic mass is 16.5. The Morgan fingerprint density at radius 1 is 1.67 bits per heavy atom. The Morgan fingerprint density at radius 2 is 2.50 bits per heavy atom. The highest BCUT2D eigenvalue weighted by Gasteiger charge is 2.18. The molecule has 0 radical (unpaired) electrons. The molecule has 0 amide bonds. The van der Waals surface area contributed by atoms with Crippen molar-refractivity contribution >= 4 is 0 Å². The fourth-order valence-corrected chi connectivity index (χ4v) is 1.55. The van der Waals surface area contributed by atoms with Crippen LogP contribution in [0.1, 0.15) is 19.8 Å². The van der Waals surface area contributed by atoms with E-state index in [4.69, 9.17) is 11.2 Å². The molecule has 0 bridgehead atoms. The maximum Gasteiger partial charge on any atom is 0.0702 e. The van der Waals surface area contributed by atoms with Crippen molar-refractivity contribution in [3.63, 3.8) is 0 Å². The first-order valence-electron chi connectivity index (χ1n) is 4.64. The summed E-state index contributed by atoms with van der Waals surface area (Å²) in [4.78, 5) is 2.28. The Bertz CT molecular complexity index is 160. The minimum Gasteiger partial charge on any atom is -0.376 e. The smallest absolute Gasteiger partial charge is 0.0702 e. The summed E-state index contributed by atoms with van der Waals surface area (Å²) in [5, 5.41) is 0. The molecule has 0 aromatic rings. The van der Waals surface area contributed by atoms with Crippen molar-refractivity contribution < 1.29 is 4.74 Å². The van der Waals surface area contributed by atoms with Gasteiger partial charge in [0.05, 0.1) is 19.3 Å². The molecular formula is C10H17NO. The maximum atomic E-state index is 5.58. The van der Waals surface area contributed by atoms with Crippen LogP contribution in [0.25, 0.3) is 0 Å². The molecular weight excluding hydrogens is 150 g/mol. The third-order valence-electron chi connectivity index (χ3n) is 2.15. The number of rotatable bonds is 3. The topological polar surface area (TPSA) is 12.5 Å². The summed E-state index contributed by atoms with van der Waals surface area (Å²) in [6.07, 6.45) is 8.00. The zero-order valence-electron chi connectivity index (χ0n) is 7.75. The van der Waals surface area contributed by atoms with Gasteiger partial charge in [-0.1, -0.05) is 19.3 Å². The second kappa shape index (κ2) is 5.18. The van der Waals surface area contributed by atoms with E-state index in [1.54, 1.807) is 0 Å². The van der Waals surface area contributed by atoms with E-state index in [0.29, 0.717) is 6.10 Å². The lowest BCUT2D eigenvalue weighted by molar-refractivity contribution is -0.0277. The van der Waals surface area contributed by atoms with Crippen molar-refractivity contribution in [3.05, 3.63) is 0 Å². The van der Waals surface area contributed by atoms with Gasteiger partial charge in [-0.15, -0.1) is 6.42 Å². The Balaban J connectivity index is 2.26. The van der Waals surface area contributed by atoms with Crippen LogP contribution >= 0.6 is 0 Å². The summed E-state index contributed by atoms with van der Waals surface area (Å²) in [7, 11) is 0. The van der Waals surface area contributed by atoms with E-state index in [-0.39, 0.29) is 0 Å². The molecule has 68 valence electrons. The van der Waals surface area contributed by atoms with Crippen LogP contribution in [0.3, 0.4) is 0 Å². The highest BCUT2D eigenvalue weighted by Crippen LogP contribution is 2.09. The minimum absolute atomic E-state index is 0.414. The van der Waals surface area contributed by atoms with Crippen LogP contribution in [0.5, 0.6) is 0 Å². The lowest BCUT2D eigenvalue weighted by Gasteiger charge is -2.31. The Kier molecular flexibility index (Phi) is 4.13. The van der Waals surface area contributed by atoms with E-state index in [1.165, 1.54) is 6.42 Å². The highest BCUT2D eigenvalue weighted by molar-refractivity contribution is 4.89. The van der Waals surface area contributed by atoms with Gasteiger partial charge in [0.25, 0.3) is 0 Å². The minimum atomic E-state index is 0.414. The van der Waals surface area contributed by atoms with E-state index in [1.807, 2.05) is 0 Å². The SMILES string of the molecule is C#CCN1CCOC(CCC)C1. The molecule has 0 N–H and O–H groups in total. The number of nitrogens with zero attached hydrogens (tertiary/aromatic N) is 1. The van der Waals surface area contributed by atoms with Gasteiger partial charge in [-0.3, -0.25) is 4.90 Å². The lowest BCUT2D eigenvalue weighted by Crippen LogP contribution is -2.42. The molecule has 1 heterocycles. The number of hydrogen-bond donors (Lipinski definition) is 0. The molecule has 1 unspecified atom stereocenters. The standard InChI is InChI=1S/C10H17NO/c1-3-5-10-9-11(6-4-2)7-8-12-10/h2,10H,3,5-9H2,1H3. The average Bonchev–Trinajstić information content (AvgIpc) is 2.06. The second-order valence-corrected chi connectivity index (χ2v) is 3.22. The van der Waals surface area contributed by atoms with Gasteiger partial charge in [0.15, 0.2) is 0 Å². The Hall–Kier alpha value is -0.520. The van der Waals surface area contributed by atoms with Crippen molar-refractivity contribution in [2.75, 3.05) is 26.2 Å². The van der Waals surface area contributed by atoms with Gasteiger partial charge in [0.1, 0.15) is 0 Å². The molecule has 0 spiro atoms. The van der Waals surface area contributed by atoms with Crippen molar-refractivity contribution in [2.24, 2.45) is 0 Å². The molecule has 1 saturated heterocycles. The third-order valence-corrected chi connectivity index (χ3v) is 2.15. The summed E-state index contributed by atoms with van der Waals surface area (Å²) in [6.45, 7) is 5.79. The average molecular weight is 167 g/mol. The Labute approximate surface area is 74.9 Å². The lowest BCUT2D eigenvalue weighted by atomic mass is 10.2. The van der Waals surface area contributed by atoms with Gasteiger partial charge < -0.3 is 4.74 Å². The fraction of sp³-hybridized carbons (Fsp3) is 0.800. The van der Waals surface area contributed by atoms with Crippen molar-refractivity contribution in [1.29, 1.82) is 0 Å². The molecule has 2 heteroatoms. The monoisotopic (exact) mass is 167 g/mol. The summed E-state index contributed by atoms with van der Waals surface area (Å²) in [6, 6.07) is 0. The maximum absolute atomic E-state index is 5.58. The summed E-state index contributed by atoms with van der Waals surface area (Å²) >= 11 is 0. The van der Waals surface area contributed by atoms with Gasteiger partial charge in [0, 0.05) is 13.1 Å². The van der Waals surface area contributed by atoms with Gasteiger partial charge in [-0.25, -0.2) is 0 Å². The molecule has 0 aromatic heterocycles. The van der Waals surface area contributed by atoms with Gasteiger partial charge in [-0.2, -0.15) is 0 Å². The van der Waals surface area contributed by atoms with Crippen LogP contribution in [-0.4, -0.2) is 37.2 Å². The first kappa shape index (κ1) is 9.57. The zero-order valence-corrected chi connectivity index (χ0v) is 7.75. The van der Waals surface area contributed by atoms with Crippen LogP contribution in [0, 0.1) is 12.3 Å². The molecule has 1 fully saturated rings. The predicted molar refractivity (Wildman–Crippen MR) is 49.9 cm³/mol. The third kappa shape index (κ3) is 2.84. The summed E-state index contributed by atoms with van der Waals surface area (Å²) in [5.41, 5.74) is 0. The summed E-state index contributed by atoms with van der Waals surface area (Å²) < 4.78 is 5.58. The molecule has 1 atom stereocenters. The van der Waals surface area contributed by atoms with Crippen molar-refractivity contribution in [3.8, 4) is 12.3 Å². The number of hydrogen-bond acceptors (Lipinski definition) is 2. The number of morpholine rings is 1. The van der Waals surface area contributed by atoms with Crippen molar-refractivity contribution in [1.82, 2.24) is 4.90 Å². The first-order valence-corrected chi connectivity index (χ1v) is 4.64. The number of terminal acetylenes is 1. The van der Waals surface area contributed by atoms with E-state index in [2.05, 4.69) is 17.7 Å². The second-order valence-electron chi connectivity index (χ2n) is 3.22. The molecule has 1 aliphatic heterocycles. The van der Waals surface area contributed by atoms with E-state index >= 15 is 0 Å². The Morgan fingerprint density at radius 3 is 3.17 bits per heavy atom. The normalized spacial score (nSPS) is 25.2.